The van der Waals surface area contributed by atoms with Crippen LogP contribution >= 0.6 is 15.9 Å². The van der Waals surface area contributed by atoms with Gasteiger partial charge in [-0.15, -0.1) is 0 Å². The number of rotatable bonds is 2. The number of halogens is 1. The molecule has 2 fully saturated rings. The summed E-state index contributed by atoms with van der Waals surface area (Å²) in [6.45, 7) is 8.29. The maximum absolute atomic E-state index is 6.12. The molecule has 0 radical (unpaired) electrons. The van der Waals surface area contributed by atoms with E-state index >= 15 is 0 Å². The van der Waals surface area contributed by atoms with E-state index in [-0.39, 0.29) is 18.3 Å². The lowest BCUT2D eigenvalue weighted by atomic mass is 9.83. The Balaban J connectivity index is 1.89. The molecule has 0 N–H and O–H groups in total. The van der Waals surface area contributed by atoms with Crippen LogP contribution in [-0.4, -0.2) is 23.3 Å². The van der Waals surface area contributed by atoms with Crippen LogP contribution in [0.25, 0.3) is 0 Å². The molecule has 0 aromatic carbocycles. The van der Waals surface area contributed by atoms with Crippen molar-refractivity contribution >= 4 is 28.6 Å². The SMILES string of the molecule is CC1(C)OB(c2cc(Br)cc(C3CCCC3)n2)OC1(C)C. The van der Waals surface area contributed by atoms with E-state index in [4.69, 9.17) is 14.3 Å². The topological polar surface area (TPSA) is 31.4 Å². The van der Waals surface area contributed by atoms with Gasteiger partial charge in [0, 0.05) is 16.1 Å². The molecule has 0 unspecified atom stereocenters. The zero-order valence-corrected chi connectivity index (χ0v) is 14.9. The van der Waals surface area contributed by atoms with Crippen molar-refractivity contribution < 1.29 is 9.31 Å². The van der Waals surface area contributed by atoms with E-state index in [1.165, 1.54) is 31.4 Å². The zero-order chi connectivity index (χ0) is 15.3. The zero-order valence-electron chi connectivity index (χ0n) is 13.3. The molecule has 21 heavy (non-hydrogen) atoms. The molecule has 0 bridgehead atoms. The van der Waals surface area contributed by atoms with Crippen LogP contribution in [0.1, 0.15) is 65.0 Å². The predicted octanol–water partition coefficient (Wildman–Crippen LogP) is 3.80. The highest BCUT2D eigenvalue weighted by atomic mass is 79.9. The lowest BCUT2D eigenvalue weighted by Crippen LogP contribution is -2.41. The van der Waals surface area contributed by atoms with Gasteiger partial charge in [-0.1, -0.05) is 28.8 Å². The first-order valence-corrected chi connectivity index (χ1v) is 8.61. The van der Waals surface area contributed by atoms with E-state index in [0.717, 1.165) is 10.1 Å². The molecular formula is C16H23BBrNO2. The third-order valence-electron chi connectivity index (χ3n) is 5.10. The van der Waals surface area contributed by atoms with E-state index < -0.39 is 0 Å². The van der Waals surface area contributed by atoms with Crippen molar-refractivity contribution in [2.75, 3.05) is 0 Å². The van der Waals surface area contributed by atoms with Gasteiger partial charge in [0.15, 0.2) is 0 Å². The number of nitrogens with zero attached hydrogens (tertiary/aromatic N) is 1. The van der Waals surface area contributed by atoms with Crippen LogP contribution in [-0.2, 0) is 9.31 Å². The first kappa shape index (κ1) is 15.5. The maximum Gasteiger partial charge on any atom is 0.514 e. The first-order chi connectivity index (χ1) is 9.78. The van der Waals surface area contributed by atoms with Gasteiger partial charge in [0.1, 0.15) is 0 Å². The van der Waals surface area contributed by atoms with Crippen LogP contribution in [0, 0.1) is 0 Å². The third kappa shape index (κ3) is 2.93. The Morgan fingerprint density at radius 3 is 2.24 bits per heavy atom. The van der Waals surface area contributed by atoms with Crippen LogP contribution in [0.2, 0.25) is 0 Å². The van der Waals surface area contributed by atoms with Crippen molar-refractivity contribution in [2.24, 2.45) is 0 Å². The smallest absolute Gasteiger partial charge is 0.398 e. The minimum atomic E-state index is -0.382. The molecule has 2 aliphatic rings. The molecule has 1 aliphatic heterocycles. The van der Waals surface area contributed by atoms with Gasteiger partial charge in [0.25, 0.3) is 0 Å². The summed E-state index contributed by atoms with van der Waals surface area (Å²) < 4.78 is 13.3. The van der Waals surface area contributed by atoms with Crippen LogP contribution in [0.15, 0.2) is 16.6 Å². The van der Waals surface area contributed by atoms with Gasteiger partial charge in [-0.2, -0.15) is 0 Å². The highest BCUT2D eigenvalue weighted by Crippen LogP contribution is 2.37. The number of hydrogen-bond acceptors (Lipinski definition) is 3. The number of pyridine rings is 1. The van der Waals surface area contributed by atoms with Crippen molar-refractivity contribution in [1.82, 2.24) is 4.98 Å². The molecule has 114 valence electrons. The van der Waals surface area contributed by atoms with Crippen LogP contribution < -0.4 is 5.59 Å². The van der Waals surface area contributed by atoms with Crippen molar-refractivity contribution in [2.45, 2.75) is 70.5 Å². The van der Waals surface area contributed by atoms with Crippen molar-refractivity contribution in [1.29, 1.82) is 0 Å². The molecule has 1 aliphatic carbocycles. The van der Waals surface area contributed by atoms with Gasteiger partial charge in [-0.3, -0.25) is 4.98 Å². The van der Waals surface area contributed by atoms with E-state index in [1.807, 2.05) is 6.07 Å². The van der Waals surface area contributed by atoms with Gasteiger partial charge in [0.2, 0.25) is 0 Å². The summed E-state index contributed by atoms with van der Waals surface area (Å²) in [6.07, 6.45) is 5.11. The second kappa shape index (κ2) is 5.36. The van der Waals surface area contributed by atoms with Crippen LogP contribution in [0.5, 0.6) is 0 Å². The summed E-state index contributed by atoms with van der Waals surface area (Å²) in [7, 11) is -0.382. The lowest BCUT2D eigenvalue weighted by Gasteiger charge is -2.32. The van der Waals surface area contributed by atoms with Crippen molar-refractivity contribution in [3.05, 3.63) is 22.3 Å². The molecule has 5 heteroatoms. The van der Waals surface area contributed by atoms with E-state index in [1.54, 1.807) is 0 Å². The fourth-order valence-electron chi connectivity index (χ4n) is 3.05. The Morgan fingerprint density at radius 2 is 1.67 bits per heavy atom. The Labute approximate surface area is 136 Å². The van der Waals surface area contributed by atoms with Gasteiger partial charge in [-0.25, -0.2) is 0 Å². The van der Waals surface area contributed by atoms with Gasteiger partial charge in [-0.05, 0) is 52.7 Å². The third-order valence-corrected chi connectivity index (χ3v) is 5.56. The minimum Gasteiger partial charge on any atom is -0.398 e. The molecule has 2 heterocycles. The molecule has 0 spiro atoms. The molecule has 1 saturated heterocycles. The predicted molar refractivity (Wildman–Crippen MR) is 88.9 cm³/mol. The monoisotopic (exact) mass is 351 g/mol. The molecule has 3 nitrogen and oxygen atoms in total. The summed E-state index contributed by atoms with van der Waals surface area (Å²) in [5, 5.41) is 0. The molecule has 0 amide bonds. The highest BCUT2D eigenvalue weighted by Gasteiger charge is 2.52. The normalized spacial score (nSPS) is 24.7. The largest absolute Gasteiger partial charge is 0.514 e. The van der Waals surface area contributed by atoms with E-state index in [0.29, 0.717) is 5.92 Å². The van der Waals surface area contributed by atoms with Crippen molar-refractivity contribution in [3.63, 3.8) is 0 Å². The fourth-order valence-corrected chi connectivity index (χ4v) is 3.52. The molecule has 1 saturated carbocycles. The summed E-state index contributed by atoms with van der Waals surface area (Å²) in [4.78, 5) is 4.85. The highest BCUT2D eigenvalue weighted by molar-refractivity contribution is 9.10. The Bertz CT molecular complexity index is 525. The average Bonchev–Trinajstić information content (AvgIpc) is 2.96. The molecule has 1 aromatic rings. The van der Waals surface area contributed by atoms with Gasteiger partial charge in [0.05, 0.1) is 16.8 Å². The summed E-state index contributed by atoms with van der Waals surface area (Å²) in [5.74, 6) is 0.587. The van der Waals surface area contributed by atoms with Gasteiger partial charge < -0.3 is 9.31 Å². The van der Waals surface area contributed by atoms with Crippen LogP contribution in [0.4, 0.5) is 0 Å². The van der Waals surface area contributed by atoms with E-state index in [9.17, 15) is 0 Å². The summed E-state index contributed by atoms with van der Waals surface area (Å²) in [6, 6.07) is 4.16. The molecule has 3 rings (SSSR count). The molecule has 0 atom stereocenters. The second-order valence-electron chi connectivity index (χ2n) is 7.20. The standard InChI is InChI=1S/C16H23BBrNO2/c1-15(2)16(3,4)21-17(20-15)14-10-12(18)9-13(19-14)11-7-5-6-8-11/h9-11H,5-8H2,1-4H3. The Hall–Kier alpha value is -0.385. The summed E-state index contributed by atoms with van der Waals surface area (Å²) >= 11 is 3.61. The quantitative estimate of drug-likeness (QED) is 0.759. The van der Waals surface area contributed by atoms with Gasteiger partial charge >= 0.3 is 7.12 Å². The number of aromatic nitrogens is 1. The fraction of sp³-hybridized carbons (Fsp3) is 0.688. The first-order valence-electron chi connectivity index (χ1n) is 7.81. The van der Waals surface area contributed by atoms with Crippen molar-refractivity contribution in [3.8, 4) is 0 Å². The van der Waals surface area contributed by atoms with E-state index in [2.05, 4.69) is 49.7 Å². The lowest BCUT2D eigenvalue weighted by molar-refractivity contribution is 0.00578. The second-order valence-corrected chi connectivity index (χ2v) is 8.12. The minimum absolute atomic E-state index is 0.324. The maximum atomic E-state index is 6.12. The number of hydrogen-bond donors (Lipinski definition) is 0. The average molecular weight is 352 g/mol. The summed E-state index contributed by atoms with van der Waals surface area (Å²) in [5.41, 5.74) is 1.40. The van der Waals surface area contributed by atoms with Crippen LogP contribution in [0.3, 0.4) is 0 Å². The molecular weight excluding hydrogens is 329 g/mol. The Kier molecular flexibility index (Phi) is 3.96. The Morgan fingerprint density at radius 1 is 1.10 bits per heavy atom. The molecule has 1 aromatic heterocycles.